The maximum atomic E-state index is 10.7. The summed E-state index contributed by atoms with van der Waals surface area (Å²) in [4.78, 5) is 31.8. The van der Waals surface area contributed by atoms with Crippen molar-refractivity contribution in [2.45, 2.75) is 79.6 Å². The molecule has 0 unspecified atom stereocenters. The monoisotopic (exact) mass is 322 g/mol. The standard InChI is InChI=1S/2C7H12O.C6H10O/c2*1-5-3-7(8)4-6(5)2;1-5-2-3-6(7)4-5/h2*5-6H,3-4H2,1-2H3;5H,2-4H2,1H3/t2*5-,6-;5-/m101/s1. The van der Waals surface area contributed by atoms with Crippen LogP contribution in [0.5, 0.6) is 0 Å². The highest BCUT2D eigenvalue weighted by atomic mass is 16.1. The van der Waals surface area contributed by atoms with Crippen molar-refractivity contribution in [3.8, 4) is 0 Å². The topological polar surface area (TPSA) is 51.2 Å². The van der Waals surface area contributed by atoms with Crippen LogP contribution in [0.15, 0.2) is 0 Å². The lowest BCUT2D eigenvalue weighted by molar-refractivity contribution is -0.118. The van der Waals surface area contributed by atoms with E-state index in [1.807, 2.05) is 0 Å². The molecule has 3 heteroatoms. The molecule has 23 heavy (non-hydrogen) atoms. The molecule has 0 amide bonds. The van der Waals surface area contributed by atoms with E-state index in [1.54, 1.807) is 0 Å². The van der Waals surface area contributed by atoms with Crippen LogP contribution in [0, 0.1) is 29.6 Å². The van der Waals surface area contributed by atoms with Gasteiger partial charge in [-0.3, -0.25) is 14.4 Å². The van der Waals surface area contributed by atoms with Crippen LogP contribution in [0.25, 0.3) is 0 Å². The maximum absolute atomic E-state index is 10.7. The van der Waals surface area contributed by atoms with Crippen molar-refractivity contribution in [1.82, 2.24) is 0 Å². The van der Waals surface area contributed by atoms with Crippen LogP contribution >= 0.6 is 0 Å². The molecule has 0 aromatic heterocycles. The second kappa shape index (κ2) is 9.34. The van der Waals surface area contributed by atoms with Gasteiger partial charge in [0.25, 0.3) is 0 Å². The Morgan fingerprint density at radius 1 is 0.565 bits per heavy atom. The van der Waals surface area contributed by atoms with Gasteiger partial charge >= 0.3 is 0 Å². The van der Waals surface area contributed by atoms with E-state index in [2.05, 4.69) is 34.6 Å². The fourth-order valence-corrected chi connectivity index (χ4v) is 3.41. The molecule has 132 valence electrons. The van der Waals surface area contributed by atoms with Gasteiger partial charge in [-0.25, -0.2) is 0 Å². The van der Waals surface area contributed by atoms with Gasteiger partial charge in [-0.1, -0.05) is 34.6 Å². The fraction of sp³-hybridized carbons (Fsp3) is 0.850. The molecule has 3 saturated carbocycles. The second-order valence-electron chi connectivity index (χ2n) is 8.19. The zero-order valence-corrected chi connectivity index (χ0v) is 15.6. The number of carbonyl (C=O) groups is 3. The van der Waals surface area contributed by atoms with Crippen molar-refractivity contribution >= 4 is 17.3 Å². The molecule has 0 heterocycles. The smallest absolute Gasteiger partial charge is 0.133 e. The SMILES string of the molecule is C[C@@H]1CC(=O)C[C@H]1C.C[C@@H]1CCC(=O)C1.C[C@H]1CC(=O)C[C@@H]1C. The van der Waals surface area contributed by atoms with E-state index in [0.29, 0.717) is 46.9 Å². The summed E-state index contributed by atoms with van der Waals surface area (Å²) in [7, 11) is 0. The van der Waals surface area contributed by atoms with Gasteiger partial charge in [0.2, 0.25) is 0 Å². The maximum Gasteiger partial charge on any atom is 0.133 e. The van der Waals surface area contributed by atoms with Gasteiger partial charge in [-0.2, -0.15) is 0 Å². The number of hydrogen-bond donors (Lipinski definition) is 0. The van der Waals surface area contributed by atoms with E-state index in [1.165, 1.54) is 0 Å². The lowest BCUT2D eigenvalue weighted by Crippen LogP contribution is -1.95. The normalized spacial score (nSPS) is 36.4. The zero-order valence-electron chi connectivity index (χ0n) is 15.6. The van der Waals surface area contributed by atoms with Crippen LogP contribution < -0.4 is 0 Å². The summed E-state index contributed by atoms with van der Waals surface area (Å²) < 4.78 is 0. The summed E-state index contributed by atoms with van der Waals surface area (Å²) in [5.74, 6) is 4.59. The molecule has 3 aliphatic rings. The molecule has 3 aliphatic carbocycles. The minimum Gasteiger partial charge on any atom is -0.300 e. The molecule has 0 aromatic rings. The third kappa shape index (κ3) is 7.41. The van der Waals surface area contributed by atoms with Gasteiger partial charge in [-0.15, -0.1) is 0 Å². The molecule has 0 radical (unpaired) electrons. The minimum atomic E-state index is 0.449. The van der Waals surface area contributed by atoms with E-state index in [-0.39, 0.29) is 0 Å². The van der Waals surface area contributed by atoms with Crippen molar-refractivity contribution in [3.05, 3.63) is 0 Å². The quantitative estimate of drug-likeness (QED) is 0.654. The Kier molecular flexibility index (Phi) is 8.15. The number of Topliss-reactive ketones (excluding diaryl/α,β-unsaturated/α-hetero) is 3. The average molecular weight is 322 g/mol. The lowest BCUT2D eigenvalue weighted by Gasteiger charge is -2.03. The van der Waals surface area contributed by atoms with Gasteiger partial charge in [0, 0.05) is 38.5 Å². The van der Waals surface area contributed by atoms with Crippen LogP contribution in [-0.4, -0.2) is 17.3 Å². The van der Waals surface area contributed by atoms with Gasteiger partial charge in [0.15, 0.2) is 0 Å². The fourth-order valence-electron chi connectivity index (χ4n) is 3.41. The van der Waals surface area contributed by atoms with E-state index in [9.17, 15) is 14.4 Å². The summed E-state index contributed by atoms with van der Waals surface area (Å²) in [5.41, 5.74) is 0. The van der Waals surface area contributed by atoms with Crippen molar-refractivity contribution in [2.75, 3.05) is 0 Å². The van der Waals surface area contributed by atoms with Crippen molar-refractivity contribution < 1.29 is 14.4 Å². The van der Waals surface area contributed by atoms with Crippen LogP contribution in [0.3, 0.4) is 0 Å². The van der Waals surface area contributed by atoms with Crippen LogP contribution in [0.1, 0.15) is 79.6 Å². The van der Waals surface area contributed by atoms with E-state index in [0.717, 1.165) is 44.9 Å². The first kappa shape index (κ1) is 20.1. The number of rotatable bonds is 0. The van der Waals surface area contributed by atoms with Crippen molar-refractivity contribution in [1.29, 1.82) is 0 Å². The van der Waals surface area contributed by atoms with Crippen LogP contribution in [0.4, 0.5) is 0 Å². The summed E-state index contributed by atoms with van der Waals surface area (Å²) in [6, 6.07) is 0. The van der Waals surface area contributed by atoms with E-state index in [4.69, 9.17) is 0 Å². The number of carbonyl (C=O) groups excluding carboxylic acids is 3. The third-order valence-corrected chi connectivity index (χ3v) is 5.63. The Morgan fingerprint density at radius 2 is 0.913 bits per heavy atom. The first-order valence-electron chi connectivity index (χ1n) is 9.24. The highest BCUT2D eigenvalue weighted by molar-refractivity contribution is 5.81. The van der Waals surface area contributed by atoms with Crippen LogP contribution in [-0.2, 0) is 14.4 Å². The van der Waals surface area contributed by atoms with Gasteiger partial charge in [-0.05, 0) is 36.0 Å². The molecule has 3 fully saturated rings. The van der Waals surface area contributed by atoms with Crippen LogP contribution in [0.2, 0.25) is 0 Å². The Morgan fingerprint density at radius 3 is 1.00 bits per heavy atom. The van der Waals surface area contributed by atoms with E-state index < -0.39 is 0 Å². The molecular weight excluding hydrogens is 288 g/mol. The van der Waals surface area contributed by atoms with E-state index >= 15 is 0 Å². The highest BCUT2D eigenvalue weighted by Crippen LogP contribution is 2.28. The first-order valence-corrected chi connectivity index (χ1v) is 9.24. The Labute approximate surface area is 141 Å². The Bertz CT molecular complexity index is 375. The second-order valence-corrected chi connectivity index (χ2v) is 8.19. The summed E-state index contributed by atoms with van der Waals surface area (Å²) >= 11 is 0. The molecule has 3 rings (SSSR count). The minimum absolute atomic E-state index is 0.449. The van der Waals surface area contributed by atoms with Gasteiger partial charge < -0.3 is 0 Å². The third-order valence-electron chi connectivity index (χ3n) is 5.63. The van der Waals surface area contributed by atoms with Gasteiger partial charge in [0.05, 0.1) is 0 Å². The Hall–Kier alpha value is -0.990. The number of hydrogen-bond acceptors (Lipinski definition) is 3. The lowest BCUT2D eigenvalue weighted by atomic mass is 10.0. The molecule has 0 N–H and O–H groups in total. The van der Waals surface area contributed by atoms with Crippen molar-refractivity contribution in [3.63, 3.8) is 0 Å². The average Bonchev–Trinajstić information content (AvgIpc) is 3.04. The molecule has 5 atom stereocenters. The summed E-state index contributed by atoms with van der Waals surface area (Å²) in [6.45, 7) is 10.7. The molecule has 0 aromatic carbocycles. The number of ketones is 3. The molecule has 0 spiro atoms. The molecule has 0 saturated heterocycles. The molecule has 0 aliphatic heterocycles. The Balaban J connectivity index is 0.000000173. The predicted octanol–water partition coefficient (Wildman–Crippen LogP) is 4.62. The van der Waals surface area contributed by atoms with Crippen molar-refractivity contribution in [2.24, 2.45) is 29.6 Å². The zero-order chi connectivity index (χ0) is 17.6. The first-order chi connectivity index (χ1) is 10.7. The molecular formula is C20H34O3. The highest BCUT2D eigenvalue weighted by Gasteiger charge is 2.25. The summed E-state index contributed by atoms with van der Waals surface area (Å²) in [6.07, 6.45) is 6.07. The van der Waals surface area contributed by atoms with Gasteiger partial charge in [0.1, 0.15) is 17.3 Å². The predicted molar refractivity (Wildman–Crippen MR) is 93.2 cm³/mol. The summed E-state index contributed by atoms with van der Waals surface area (Å²) in [5, 5.41) is 0. The largest absolute Gasteiger partial charge is 0.300 e. The molecule has 3 nitrogen and oxygen atoms in total. The molecule has 0 bridgehead atoms.